The Morgan fingerprint density at radius 3 is 2.33 bits per heavy atom. The number of pyridine rings is 1. The summed E-state index contributed by atoms with van der Waals surface area (Å²) in [5, 5.41) is 10.5. The van der Waals surface area contributed by atoms with Crippen LogP contribution in [-0.4, -0.2) is 53.3 Å². The van der Waals surface area contributed by atoms with E-state index in [1.807, 2.05) is 0 Å². The number of alkyl halides is 3. The maximum atomic E-state index is 14.7. The second-order valence-corrected chi connectivity index (χ2v) is 9.74. The minimum Gasteiger partial charge on any atom is -0.475 e. The molecule has 0 aliphatic rings. The van der Waals surface area contributed by atoms with Gasteiger partial charge in [-0.3, -0.25) is 14.4 Å². The van der Waals surface area contributed by atoms with Gasteiger partial charge in [-0.15, -0.1) is 0 Å². The van der Waals surface area contributed by atoms with E-state index >= 15 is 0 Å². The van der Waals surface area contributed by atoms with Crippen LogP contribution in [0.4, 0.5) is 17.6 Å². The summed E-state index contributed by atoms with van der Waals surface area (Å²) in [4.78, 5) is 49.2. The Morgan fingerprint density at radius 2 is 1.72 bits per heavy atom. The van der Waals surface area contributed by atoms with E-state index in [9.17, 15) is 31.9 Å². The van der Waals surface area contributed by atoms with Crippen molar-refractivity contribution in [2.75, 3.05) is 13.2 Å². The van der Waals surface area contributed by atoms with Crippen LogP contribution in [0, 0.1) is 5.82 Å². The summed E-state index contributed by atoms with van der Waals surface area (Å²) in [5.41, 5.74) is 11.9. The number of carboxylic acid groups (broad SMARTS) is 1. The molecule has 2 aromatic carbocycles. The van der Waals surface area contributed by atoms with E-state index in [2.05, 4.69) is 10.3 Å². The third kappa shape index (κ3) is 11.3. The van der Waals surface area contributed by atoms with Crippen molar-refractivity contribution < 1.29 is 41.8 Å². The minimum absolute atomic E-state index is 0.0212. The molecule has 15 heteroatoms. The van der Waals surface area contributed by atoms with Gasteiger partial charge in [0.2, 0.25) is 5.43 Å². The van der Waals surface area contributed by atoms with Crippen LogP contribution in [0.15, 0.2) is 47.4 Å². The maximum Gasteiger partial charge on any atom is 0.490 e. The standard InChI is InChI=1S/C26H30ClFN4O4.C2HF3O2/c27-18-8-6-16(7-9-18)14-32-25(34)20-15-31-23-19(24(20)33)12-17(13-21(23)28)4-3-11-36-26(35)22(30)5-1-2-10-29;3-2(4,5)1(6)7/h6-9,12-13,15,22H,1-5,10-11,14,29-30H2,(H,31,33)(H,32,34);(H,6,7). The van der Waals surface area contributed by atoms with Crippen LogP contribution in [0.5, 0.6) is 0 Å². The number of amides is 1. The number of esters is 1. The molecule has 0 saturated carbocycles. The summed E-state index contributed by atoms with van der Waals surface area (Å²) in [6, 6.07) is 9.11. The average Bonchev–Trinajstić information content (AvgIpc) is 2.95. The van der Waals surface area contributed by atoms with Crippen LogP contribution in [-0.2, 0) is 27.3 Å². The van der Waals surface area contributed by atoms with E-state index in [4.69, 9.17) is 37.7 Å². The SMILES string of the molecule is NCCCCC(N)C(=O)OCCCc1cc(F)c2[nH]cc(C(=O)NCc3ccc(Cl)cc3)c(=O)c2c1.O=C(O)C(F)(F)F. The van der Waals surface area contributed by atoms with Crippen molar-refractivity contribution in [2.24, 2.45) is 11.5 Å². The Kier molecular flexibility index (Phi) is 13.6. The molecule has 7 N–H and O–H groups in total. The van der Waals surface area contributed by atoms with Gasteiger partial charge in [-0.2, -0.15) is 13.2 Å². The molecule has 0 spiro atoms. The van der Waals surface area contributed by atoms with Crippen molar-refractivity contribution >= 4 is 40.3 Å². The molecule has 0 radical (unpaired) electrons. The summed E-state index contributed by atoms with van der Waals surface area (Å²) in [6.07, 6.45) is -1.04. The molecule has 1 amide bonds. The number of aryl methyl sites for hydroxylation is 1. The largest absolute Gasteiger partial charge is 0.490 e. The van der Waals surface area contributed by atoms with Crippen molar-refractivity contribution in [2.45, 2.75) is 50.9 Å². The van der Waals surface area contributed by atoms with E-state index in [0.717, 1.165) is 18.4 Å². The zero-order chi connectivity index (χ0) is 32.2. The van der Waals surface area contributed by atoms with E-state index in [-0.39, 0.29) is 29.6 Å². The van der Waals surface area contributed by atoms with Gasteiger partial charge in [0, 0.05) is 23.2 Å². The van der Waals surface area contributed by atoms with Gasteiger partial charge < -0.3 is 31.6 Å². The third-order valence-corrected chi connectivity index (χ3v) is 6.23. The number of unbranched alkanes of at least 4 members (excludes halogenated alkanes) is 1. The Labute approximate surface area is 248 Å². The van der Waals surface area contributed by atoms with Crippen molar-refractivity contribution in [3.05, 3.63) is 80.3 Å². The highest BCUT2D eigenvalue weighted by molar-refractivity contribution is 6.30. The Hall–Kier alpha value is -4.01. The van der Waals surface area contributed by atoms with E-state index in [1.165, 1.54) is 12.3 Å². The minimum atomic E-state index is -5.08. The number of carboxylic acids is 1. The van der Waals surface area contributed by atoms with Crippen LogP contribution in [0.25, 0.3) is 10.9 Å². The highest BCUT2D eigenvalue weighted by Crippen LogP contribution is 2.18. The number of H-pyrrole nitrogens is 1. The monoisotopic (exact) mass is 630 g/mol. The average molecular weight is 631 g/mol. The van der Waals surface area contributed by atoms with Gasteiger partial charge in [0.15, 0.2) is 0 Å². The molecule has 0 saturated heterocycles. The topological polar surface area (TPSA) is 178 Å². The number of ether oxygens (including phenoxy) is 1. The smallest absolute Gasteiger partial charge is 0.475 e. The van der Waals surface area contributed by atoms with Crippen LogP contribution in [0.2, 0.25) is 5.02 Å². The number of carbonyl (C=O) groups excluding carboxylic acids is 2. The first kappa shape index (κ1) is 35.2. The fraction of sp³-hybridized carbons (Fsp3) is 0.357. The number of aromatic nitrogens is 1. The van der Waals surface area contributed by atoms with Gasteiger partial charge in [0.05, 0.1) is 12.1 Å². The van der Waals surface area contributed by atoms with Crippen molar-refractivity contribution in [1.29, 1.82) is 0 Å². The summed E-state index contributed by atoms with van der Waals surface area (Å²) in [5.74, 6) is -4.42. The maximum absolute atomic E-state index is 14.7. The number of halogens is 5. The van der Waals surface area contributed by atoms with Crippen molar-refractivity contribution in [1.82, 2.24) is 10.3 Å². The molecule has 10 nitrogen and oxygen atoms in total. The summed E-state index contributed by atoms with van der Waals surface area (Å²) in [6.45, 7) is 0.867. The molecular formula is C28H31ClF4N4O6. The number of aliphatic carboxylic acids is 1. The van der Waals surface area contributed by atoms with Crippen LogP contribution < -0.4 is 22.2 Å². The quantitative estimate of drug-likeness (QED) is 0.114. The number of aromatic amines is 1. The molecule has 234 valence electrons. The van der Waals surface area contributed by atoms with Gasteiger partial charge in [-0.1, -0.05) is 30.2 Å². The van der Waals surface area contributed by atoms with Gasteiger partial charge in [-0.05, 0) is 67.6 Å². The number of nitrogens with one attached hydrogen (secondary N) is 2. The zero-order valence-electron chi connectivity index (χ0n) is 22.8. The Bertz CT molecular complexity index is 1460. The first-order chi connectivity index (χ1) is 20.2. The van der Waals surface area contributed by atoms with E-state index in [1.54, 1.807) is 30.3 Å². The molecule has 3 aromatic rings. The number of fused-ring (bicyclic) bond motifs is 1. The number of hydrogen-bond acceptors (Lipinski definition) is 7. The van der Waals surface area contributed by atoms with Crippen LogP contribution >= 0.6 is 11.6 Å². The van der Waals surface area contributed by atoms with Crippen LogP contribution in [0.1, 0.15) is 47.2 Å². The van der Waals surface area contributed by atoms with Gasteiger partial charge in [0.25, 0.3) is 5.91 Å². The Morgan fingerprint density at radius 1 is 1.07 bits per heavy atom. The van der Waals surface area contributed by atoms with Crippen molar-refractivity contribution in [3.63, 3.8) is 0 Å². The van der Waals surface area contributed by atoms with Gasteiger partial charge in [0.1, 0.15) is 17.4 Å². The van der Waals surface area contributed by atoms with E-state index < -0.39 is 41.3 Å². The van der Waals surface area contributed by atoms with Gasteiger partial charge in [-0.25, -0.2) is 9.18 Å². The zero-order valence-corrected chi connectivity index (χ0v) is 23.6. The van der Waals surface area contributed by atoms with Crippen LogP contribution in [0.3, 0.4) is 0 Å². The lowest BCUT2D eigenvalue weighted by Gasteiger charge is -2.11. The molecule has 3 rings (SSSR count). The summed E-state index contributed by atoms with van der Waals surface area (Å²) >= 11 is 5.87. The summed E-state index contributed by atoms with van der Waals surface area (Å²) in [7, 11) is 0. The molecule has 43 heavy (non-hydrogen) atoms. The second kappa shape index (κ2) is 16.6. The predicted molar refractivity (Wildman–Crippen MR) is 151 cm³/mol. The second-order valence-electron chi connectivity index (χ2n) is 9.31. The number of carbonyl (C=O) groups is 3. The molecule has 1 atom stereocenters. The fourth-order valence-electron chi connectivity index (χ4n) is 3.72. The van der Waals surface area contributed by atoms with Crippen molar-refractivity contribution in [3.8, 4) is 0 Å². The molecule has 0 aliphatic carbocycles. The number of benzene rings is 2. The predicted octanol–water partition coefficient (Wildman–Crippen LogP) is 3.82. The molecule has 0 fully saturated rings. The molecule has 1 aromatic heterocycles. The Balaban J connectivity index is 0.000000821. The first-order valence-corrected chi connectivity index (χ1v) is 13.4. The number of nitrogens with two attached hydrogens (primary N) is 2. The lowest BCUT2D eigenvalue weighted by Crippen LogP contribution is -2.32. The molecule has 1 heterocycles. The normalized spacial score (nSPS) is 11.8. The lowest BCUT2D eigenvalue weighted by molar-refractivity contribution is -0.192. The molecule has 0 bridgehead atoms. The first-order valence-electron chi connectivity index (χ1n) is 13.0. The molecule has 1 unspecified atom stereocenters. The molecule has 0 aliphatic heterocycles. The summed E-state index contributed by atoms with van der Waals surface area (Å²) < 4.78 is 51.6. The fourth-order valence-corrected chi connectivity index (χ4v) is 3.84. The molecular weight excluding hydrogens is 600 g/mol. The lowest BCUT2D eigenvalue weighted by atomic mass is 10.0. The van der Waals surface area contributed by atoms with E-state index in [0.29, 0.717) is 36.4 Å². The van der Waals surface area contributed by atoms with Gasteiger partial charge >= 0.3 is 18.1 Å². The number of rotatable bonds is 12. The third-order valence-electron chi connectivity index (χ3n) is 5.98. The number of hydrogen-bond donors (Lipinski definition) is 5. The highest BCUT2D eigenvalue weighted by Gasteiger charge is 2.38. The highest BCUT2D eigenvalue weighted by atomic mass is 35.5.